The van der Waals surface area contributed by atoms with Crippen molar-refractivity contribution in [1.29, 1.82) is 0 Å². The zero-order valence-corrected chi connectivity index (χ0v) is 11.3. The number of nitrogens with two attached hydrogens (primary N) is 1. The van der Waals surface area contributed by atoms with E-state index in [0.29, 0.717) is 0 Å². The van der Waals surface area contributed by atoms with E-state index < -0.39 is 17.8 Å². The Labute approximate surface area is 114 Å². The van der Waals surface area contributed by atoms with E-state index >= 15 is 0 Å². The largest absolute Gasteiger partial charge is 0.433 e. The number of likely N-dealkylation sites (N-methyl/N-ethyl adjacent to an activating group) is 1. The lowest BCUT2D eigenvalue weighted by atomic mass is 10.3. The highest BCUT2D eigenvalue weighted by Crippen LogP contribution is 2.29. The molecule has 3 N–H and O–H groups in total. The van der Waals surface area contributed by atoms with Crippen molar-refractivity contribution in [3.8, 4) is 0 Å². The van der Waals surface area contributed by atoms with Crippen LogP contribution in [0.3, 0.4) is 0 Å². The molecule has 0 saturated carbocycles. The van der Waals surface area contributed by atoms with Gasteiger partial charge >= 0.3 is 6.18 Å². The van der Waals surface area contributed by atoms with Crippen molar-refractivity contribution in [3.63, 3.8) is 0 Å². The number of rotatable bonds is 4. The summed E-state index contributed by atoms with van der Waals surface area (Å²) in [7, 11) is 1.45. The summed E-state index contributed by atoms with van der Waals surface area (Å²) >= 11 is 0. The number of nitrogens with one attached hydrogen (secondary N) is 1. The van der Waals surface area contributed by atoms with Crippen LogP contribution in [0.2, 0.25) is 0 Å². The van der Waals surface area contributed by atoms with Crippen LogP contribution in [-0.2, 0) is 11.0 Å². The SMILES string of the molecule is CC(C)NC(=O)CN(C)c1cc(C(F)(F)F)nc(N)n1. The number of nitrogens with zero attached hydrogens (tertiary/aromatic N) is 3. The molecule has 6 nitrogen and oxygen atoms in total. The standard InChI is InChI=1S/C11H16F3N5O/c1-6(2)16-9(20)5-19(3)8-4-7(11(12,13)14)17-10(15)18-8/h4,6H,5H2,1-3H3,(H,16,20)(H2,15,17,18). The molecule has 1 rings (SSSR count). The Hall–Kier alpha value is -2.06. The Morgan fingerprint density at radius 3 is 2.55 bits per heavy atom. The predicted molar refractivity (Wildman–Crippen MR) is 68.0 cm³/mol. The summed E-state index contributed by atoms with van der Waals surface area (Å²) < 4.78 is 37.8. The van der Waals surface area contributed by atoms with E-state index in [-0.39, 0.29) is 24.3 Å². The molecule has 0 aliphatic heterocycles. The fourth-order valence-electron chi connectivity index (χ4n) is 1.46. The summed E-state index contributed by atoms with van der Waals surface area (Å²) in [6.07, 6.45) is -4.62. The third kappa shape index (κ3) is 4.56. The highest BCUT2D eigenvalue weighted by Gasteiger charge is 2.34. The summed E-state index contributed by atoms with van der Waals surface area (Å²) in [4.78, 5) is 19.6. The van der Waals surface area contributed by atoms with Crippen LogP contribution in [0.1, 0.15) is 19.5 Å². The van der Waals surface area contributed by atoms with Gasteiger partial charge in [0, 0.05) is 19.2 Å². The molecule has 112 valence electrons. The fraction of sp³-hybridized carbons (Fsp3) is 0.545. The van der Waals surface area contributed by atoms with Gasteiger partial charge in [-0.3, -0.25) is 4.79 Å². The van der Waals surface area contributed by atoms with Gasteiger partial charge in [-0.05, 0) is 13.8 Å². The van der Waals surface area contributed by atoms with Gasteiger partial charge in [-0.1, -0.05) is 0 Å². The zero-order chi connectivity index (χ0) is 15.5. The van der Waals surface area contributed by atoms with Crippen molar-refractivity contribution < 1.29 is 18.0 Å². The first-order valence-corrected chi connectivity index (χ1v) is 5.82. The molecule has 0 bridgehead atoms. The molecule has 0 saturated heterocycles. The quantitative estimate of drug-likeness (QED) is 0.866. The van der Waals surface area contributed by atoms with E-state index in [9.17, 15) is 18.0 Å². The molecule has 0 atom stereocenters. The maximum atomic E-state index is 12.6. The molecule has 9 heteroatoms. The highest BCUT2D eigenvalue weighted by molar-refractivity contribution is 5.81. The van der Waals surface area contributed by atoms with Crippen LogP contribution in [0.15, 0.2) is 6.07 Å². The van der Waals surface area contributed by atoms with Gasteiger partial charge < -0.3 is 16.0 Å². The highest BCUT2D eigenvalue weighted by atomic mass is 19.4. The molecule has 1 aromatic rings. The van der Waals surface area contributed by atoms with Gasteiger partial charge in [-0.15, -0.1) is 0 Å². The van der Waals surface area contributed by atoms with Crippen LogP contribution in [0.25, 0.3) is 0 Å². The molecule has 1 amide bonds. The Balaban J connectivity index is 2.90. The Morgan fingerprint density at radius 1 is 1.45 bits per heavy atom. The van der Waals surface area contributed by atoms with Crippen molar-refractivity contribution in [1.82, 2.24) is 15.3 Å². The molecule has 0 unspecified atom stereocenters. The summed E-state index contributed by atoms with van der Waals surface area (Å²) in [5.41, 5.74) is 4.11. The monoisotopic (exact) mass is 291 g/mol. The molecule has 0 aliphatic carbocycles. The van der Waals surface area contributed by atoms with E-state index in [1.54, 1.807) is 13.8 Å². The zero-order valence-electron chi connectivity index (χ0n) is 11.3. The minimum Gasteiger partial charge on any atom is -0.368 e. The van der Waals surface area contributed by atoms with E-state index in [2.05, 4.69) is 15.3 Å². The smallest absolute Gasteiger partial charge is 0.368 e. The van der Waals surface area contributed by atoms with Crippen molar-refractivity contribution in [2.75, 3.05) is 24.2 Å². The van der Waals surface area contributed by atoms with Gasteiger partial charge in [0.25, 0.3) is 0 Å². The molecule has 1 aromatic heterocycles. The number of amides is 1. The van der Waals surface area contributed by atoms with E-state index in [1.165, 1.54) is 11.9 Å². The average molecular weight is 291 g/mol. The fourth-order valence-corrected chi connectivity index (χ4v) is 1.46. The van der Waals surface area contributed by atoms with Gasteiger partial charge in [0.15, 0.2) is 5.69 Å². The maximum Gasteiger partial charge on any atom is 0.433 e. The molecule has 0 spiro atoms. The van der Waals surface area contributed by atoms with Crippen LogP contribution >= 0.6 is 0 Å². The minimum atomic E-state index is -4.62. The summed E-state index contributed by atoms with van der Waals surface area (Å²) in [5, 5.41) is 2.63. The van der Waals surface area contributed by atoms with Gasteiger partial charge in [-0.2, -0.15) is 18.2 Å². The first-order valence-electron chi connectivity index (χ1n) is 5.82. The summed E-state index contributed by atoms with van der Waals surface area (Å²) in [5.74, 6) is -0.886. The number of hydrogen-bond donors (Lipinski definition) is 2. The number of halogens is 3. The molecule has 0 radical (unpaired) electrons. The Kier molecular flexibility index (Phi) is 4.74. The van der Waals surface area contributed by atoms with Crippen LogP contribution in [-0.4, -0.2) is 35.5 Å². The minimum absolute atomic E-state index is 0.0582. The molecule has 0 aromatic carbocycles. The summed E-state index contributed by atoms with van der Waals surface area (Å²) in [6.45, 7) is 3.43. The maximum absolute atomic E-state index is 12.6. The van der Waals surface area contributed by atoms with Crippen molar-refractivity contribution in [2.24, 2.45) is 0 Å². The third-order valence-corrected chi connectivity index (χ3v) is 2.24. The van der Waals surface area contributed by atoms with Crippen LogP contribution in [0.5, 0.6) is 0 Å². The number of anilines is 2. The Morgan fingerprint density at radius 2 is 2.05 bits per heavy atom. The van der Waals surface area contributed by atoms with Crippen molar-refractivity contribution in [3.05, 3.63) is 11.8 Å². The molecule has 0 fully saturated rings. The lowest BCUT2D eigenvalue weighted by Crippen LogP contribution is -2.39. The number of hydrogen-bond acceptors (Lipinski definition) is 5. The molecule has 20 heavy (non-hydrogen) atoms. The van der Waals surface area contributed by atoms with E-state index in [1.807, 2.05) is 0 Å². The second-order valence-corrected chi connectivity index (χ2v) is 4.55. The number of carbonyl (C=O) groups excluding carboxylic acids is 1. The predicted octanol–water partition coefficient (Wildman–Crippen LogP) is 1.04. The molecular weight excluding hydrogens is 275 g/mol. The van der Waals surface area contributed by atoms with Crippen LogP contribution in [0, 0.1) is 0 Å². The lowest BCUT2D eigenvalue weighted by molar-refractivity contribution is -0.141. The topological polar surface area (TPSA) is 84.1 Å². The van der Waals surface area contributed by atoms with Crippen molar-refractivity contribution >= 4 is 17.7 Å². The first-order chi connectivity index (χ1) is 9.09. The van der Waals surface area contributed by atoms with Gasteiger partial charge in [-0.25, -0.2) is 4.98 Å². The molecule has 0 aliphatic rings. The molecular formula is C11H16F3N5O. The average Bonchev–Trinajstić information content (AvgIpc) is 2.25. The first kappa shape index (κ1) is 16.0. The normalized spacial score (nSPS) is 11.6. The Bertz CT molecular complexity index is 489. The van der Waals surface area contributed by atoms with Crippen LogP contribution in [0.4, 0.5) is 24.9 Å². The van der Waals surface area contributed by atoms with Gasteiger partial charge in [0.1, 0.15) is 5.82 Å². The second-order valence-electron chi connectivity index (χ2n) is 4.55. The van der Waals surface area contributed by atoms with E-state index in [0.717, 1.165) is 6.07 Å². The lowest BCUT2D eigenvalue weighted by Gasteiger charge is -2.19. The van der Waals surface area contributed by atoms with Crippen molar-refractivity contribution in [2.45, 2.75) is 26.1 Å². The van der Waals surface area contributed by atoms with Gasteiger partial charge in [0.2, 0.25) is 11.9 Å². The second kappa shape index (κ2) is 5.93. The third-order valence-electron chi connectivity index (χ3n) is 2.24. The number of alkyl halides is 3. The number of aromatic nitrogens is 2. The molecule has 1 heterocycles. The number of carbonyl (C=O) groups is 1. The van der Waals surface area contributed by atoms with E-state index in [4.69, 9.17) is 5.73 Å². The van der Waals surface area contributed by atoms with Crippen LogP contribution < -0.4 is 16.0 Å². The summed E-state index contributed by atoms with van der Waals surface area (Å²) in [6, 6.07) is 0.691. The van der Waals surface area contributed by atoms with Gasteiger partial charge in [0.05, 0.1) is 6.54 Å². The number of nitrogen functional groups attached to an aromatic ring is 1.